The molecule has 0 aliphatic carbocycles. The lowest BCUT2D eigenvalue weighted by molar-refractivity contribution is -0.138. The predicted molar refractivity (Wildman–Crippen MR) is 74.0 cm³/mol. The Morgan fingerprint density at radius 2 is 1.56 bits per heavy atom. The third-order valence-corrected chi connectivity index (χ3v) is 3.77. The molecule has 0 aliphatic rings. The van der Waals surface area contributed by atoms with E-state index >= 15 is 0 Å². The van der Waals surface area contributed by atoms with Crippen LogP contribution in [0.5, 0.6) is 0 Å². The van der Waals surface area contributed by atoms with Gasteiger partial charge in [0, 0.05) is 10.6 Å². The fraction of sp³-hybridized carbons (Fsp3) is 0.133. The Hall–Kier alpha value is -1.74. The number of carbonyl (C=O) groups is 1. The highest BCUT2D eigenvalue weighted by Crippen LogP contribution is 2.26. The normalized spacial score (nSPS) is 12.0. The quantitative estimate of drug-likeness (QED) is 0.832. The lowest BCUT2D eigenvalue weighted by Crippen LogP contribution is -2.13. The van der Waals surface area contributed by atoms with Crippen molar-refractivity contribution in [2.45, 2.75) is 10.8 Å². The average Bonchev–Trinajstić information content (AvgIpc) is 2.41. The van der Waals surface area contributed by atoms with E-state index in [1.807, 2.05) is 60.7 Å². The van der Waals surface area contributed by atoms with Gasteiger partial charge in [-0.25, -0.2) is 0 Å². The van der Waals surface area contributed by atoms with E-state index in [4.69, 9.17) is 0 Å². The van der Waals surface area contributed by atoms with Gasteiger partial charge in [0.2, 0.25) is 0 Å². The zero-order chi connectivity index (χ0) is 12.8. The van der Waals surface area contributed by atoms with Crippen molar-refractivity contribution in [3.63, 3.8) is 0 Å². The van der Waals surface area contributed by atoms with Crippen LogP contribution in [0.4, 0.5) is 0 Å². The molecule has 1 atom stereocenters. The predicted octanol–water partition coefficient (Wildman–Crippen LogP) is 3.65. The largest absolute Gasteiger partial charge is 0.481 e. The molecule has 18 heavy (non-hydrogen) atoms. The van der Waals surface area contributed by atoms with Gasteiger partial charge in [-0.15, -0.1) is 11.8 Å². The van der Waals surface area contributed by atoms with Crippen molar-refractivity contribution in [3.8, 4) is 0 Å². The number of carboxylic acids is 1. The van der Waals surface area contributed by atoms with Crippen LogP contribution in [0.2, 0.25) is 0 Å². The molecule has 0 fully saturated rings. The molecule has 3 heteroatoms. The van der Waals surface area contributed by atoms with Crippen LogP contribution in [0.3, 0.4) is 0 Å². The van der Waals surface area contributed by atoms with Gasteiger partial charge >= 0.3 is 5.97 Å². The van der Waals surface area contributed by atoms with E-state index in [2.05, 4.69) is 0 Å². The minimum absolute atomic E-state index is 0.462. The van der Waals surface area contributed by atoms with Crippen LogP contribution in [0.25, 0.3) is 0 Å². The van der Waals surface area contributed by atoms with Gasteiger partial charge in [-0.3, -0.25) is 4.79 Å². The molecule has 0 radical (unpaired) electrons. The highest BCUT2D eigenvalue weighted by molar-refractivity contribution is 7.99. The summed E-state index contributed by atoms with van der Waals surface area (Å²) in [6.07, 6.45) is 0. The molecule has 0 heterocycles. The second-order valence-corrected chi connectivity index (χ2v) is 5.02. The van der Waals surface area contributed by atoms with Crippen molar-refractivity contribution < 1.29 is 9.90 Å². The van der Waals surface area contributed by atoms with Crippen molar-refractivity contribution in [2.24, 2.45) is 0 Å². The van der Waals surface area contributed by atoms with Crippen molar-refractivity contribution in [3.05, 3.63) is 66.2 Å². The lowest BCUT2D eigenvalue weighted by atomic mass is 10.0. The molecular formula is C15H14O2S. The first kappa shape index (κ1) is 12.7. The number of hydrogen-bond acceptors (Lipinski definition) is 2. The summed E-state index contributed by atoms with van der Waals surface area (Å²) < 4.78 is 0. The van der Waals surface area contributed by atoms with E-state index in [1.165, 1.54) is 0 Å². The monoisotopic (exact) mass is 258 g/mol. The van der Waals surface area contributed by atoms with Crippen LogP contribution < -0.4 is 0 Å². The van der Waals surface area contributed by atoms with Gasteiger partial charge in [0.25, 0.3) is 0 Å². The number of aliphatic carboxylic acids is 1. The first-order valence-corrected chi connectivity index (χ1v) is 6.71. The molecule has 0 bridgehead atoms. The number of rotatable bonds is 5. The van der Waals surface area contributed by atoms with Gasteiger partial charge in [-0.1, -0.05) is 48.5 Å². The van der Waals surface area contributed by atoms with E-state index in [0.717, 1.165) is 10.5 Å². The average molecular weight is 258 g/mol. The Morgan fingerprint density at radius 1 is 1.00 bits per heavy atom. The van der Waals surface area contributed by atoms with Gasteiger partial charge in [0.1, 0.15) is 0 Å². The number of hydrogen-bond donors (Lipinski definition) is 1. The molecule has 0 saturated heterocycles. The summed E-state index contributed by atoms with van der Waals surface area (Å²) in [5.41, 5.74) is 0.855. The van der Waals surface area contributed by atoms with Gasteiger partial charge in [-0.05, 0) is 17.7 Å². The SMILES string of the molecule is O=C(O)[C@H](CSc1ccccc1)c1ccccc1. The van der Waals surface area contributed by atoms with Crippen molar-refractivity contribution in [2.75, 3.05) is 5.75 Å². The Kier molecular flexibility index (Phi) is 4.42. The van der Waals surface area contributed by atoms with E-state index in [1.54, 1.807) is 11.8 Å². The van der Waals surface area contributed by atoms with E-state index in [-0.39, 0.29) is 0 Å². The van der Waals surface area contributed by atoms with Crippen LogP contribution in [-0.2, 0) is 4.79 Å². The standard InChI is InChI=1S/C15H14O2S/c16-15(17)14(12-7-3-1-4-8-12)11-18-13-9-5-2-6-10-13/h1-10,14H,11H2,(H,16,17)/t14-/m1/s1. The highest BCUT2D eigenvalue weighted by Gasteiger charge is 2.19. The first-order valence-electron chi connectivity index (χ1n) is 5.73. The summed E-state index contributed by atoms with van der Waals surface area (Å²) in [7, 11) is 0. The molecule has 0 aliphatic heterocycles. The second kappa shape index (κ2) is 6.26. The van der Waals surface area contributed by atoms with Gasteiger partial charge < -0.3 is 5.11 Å². The fourth-order valence-corrected chi connectivity index (χ4v) is 2.74. The minimum Gasteiger partial charge on any atom is -0.481 e. The zero-order valence-electron chi connectivity index (χ0n) is 9.82. The Morgan fingerprint density at radius 3 is 2.11 bits per heavy atom. The van der Waals surface area contributed by atoms with Crippen LogP contribution in [0.1, 0.15) is 11.5 Å². The summed E-state index contributed by atoms with van der Waals surface area (Å²) in [5, 5.41) is 9.29. The van der Waals surface area contributed by atoms with Gasteiger partial charge in [0.15, 0.2) is 0 Å². The highest BCUT2D eigenvalue weighted by atomic mass is 32.2. The smallest absolute Gasteiger partial charge is 0.311 e. The molecule has 1 N–H and O–H groups in total. The Balaban J connectivity index is 2.06. The Bertz CT molecular complexity index is 496. The number of benzene rings is 2. The number of carboxylic acid groups (broad SMARTS) is 1. The fourth-order valence-electron chi connectivity index (χ4n) is 1.69. The minimum atomic E-state index is -0.773. The van der Waals surface area contributed by atoms with Crippen LogP contribution >= 0.6 is 11.8 Å². The van der Waals surface area contributed by atoms with Crippen molar-refractivity contribution in [1.82, 2.24) is 0 Å². The second-order valence-electron chi connectivity index (χ2n) is 3.93. The molecule has 2 rings (SSSR count). The summed E-state index contributed by atoms with van der Waals surface area (Å²) in [4.78, 5) is 12.4. The molecule has 0 saturated carbocycles. The first-order chi connectivity index (χ1) is 8.77. The van der Waals surface area contributed by atoms with Crippen LogP contribution in [0.15, 0.2) is 65.6 Å². The number of thioether (sulfide) groups is 1. The molecule has 92 valence electrons. The maximum absolute atomic E-state index is 11.3. The third-order valence-electron chi connectivity index (χ3n) is 2.66. The molecule has 0 spiro atoms. The van der Waals surface area contributed by atoms with Gasteiger partial charge in [-0.2, -0.15) is 0 Å². The molecule has 2 aromatic rings. The zero-order valence-corrected chi connectivity index (χ0v) is 10.6. The molecule has 2 nitrogen and oxygen atoms in total. The maximum Gasteiger partial charge on any atom is 0.311 e. The summed E-state index contributed by atoms with van der Waals surface area (Å²) in [5.74, 6) is -0.690. The third kappa shape index (κ3) is 3.37. The van der Waals surface area contributed by atoms with Crippen LogP contribution in [0, 0.1) is 0 Å². The van der Waals surface area contributed by atoms with Crippen molar-refractivity contribution >= 4 is 17.7 Å². The summed E-state index contributed by atoms with van der Waals surface area (Å²) in [6, 6.07) is 19.2. The maximum atomic E-state index is 11.3. The topological polar surface area (TPSA) is 37.3 Å². The van der Waals surface area contributed by atoms with E-state index in [9.17, 15) is 9.90 Å². The summed E-state index contributed by atoms with van der Waals surface area (Å²) >= 11 is 1.57. The van der Waals surface area contributed by atoms with Crippen molar-refractivity contribution in [1.29, 1.82) is 0 Å². The molecule has 0 amide bonds. The van der Waals surface area contributed by atoms with E-state index in [0.29, 0.717) is 5.75 Å². The molecule has 0 aromatic heterocycles. The van der Waals surface area contributed by atoms with Crippen LogP contribution in [-0.4, -0.2) is 16.8 Å². The molecular weight excluding hydrogens is 244 g/mol. The van der Waals surface area contributed by atoms with Gasteiger partial charge in [0.05, 0.1) is 5.92 Å². The van der Waals surface area contributed by atoms with E-state index < -0.39 is 11.9 Å². The molecule has 2 aromatic carbocycles. The molecule has 0 unspecified atom stereocenters. The Labute approximate surface area is 111 Å². The lowest BCUT2D eigenvalue weighted by Gasteiger charge is -2.12. The summed E-state index contributed by atoms with van der Waals surface area (Å²) in [6.45, 7) is 0.